The lowest BCUT2D eigenvalue weighted by atomic mass is 10.3. The average Bonchev–Trinajstić information content (AvgIpc) is 2.57. The molecule has 0 fully saturated rings. The summed E-state index contributed by atoms with van der Waals surface area (Å²) in [5, 5.41) is 3.89. The number of carbonyl (C=O) groups is 1. The Hall–Kier alpha value is -1.65. The molecule has 1 amide bonds. The lowest BCUT2D eigenvalue weighted by molar-refractivity contribution is 0.164. The summed E-state index contributed by atoms with van der Waals surface area (Å²) in [5.74, 6) is 0.453. The highest BCUT2D eigenvalue weighted by Crippen LogP contribution is 2.25. The predicted molar refractivity (Wildman–Crippen MR) is 103 cm³/mol. The van der Waals surface area contributed by atoms with Gasteiger partial charge in [0.15, 0.2) is 0 Å². The van der Waals surface area contributed by atoms with Crippen molar-refractivity contribution in [3.63, 3.8) is 0 Å². The molecule has 0 spiro atoms. The van der Waals surface area contributed by atoms with Crippen molar-refractivity contribution in [3.05, 3.63) is 34.9 Å². The zero-order chi connectivity index (χ0) is 18.4. The van der Waals surface area contributed by atoms with E-state index in [0.717, 1.165) is 15.2 Å². The van der Waals surface area contributed by atoms with Gasteiger partial charge in [-0.2, -0.15) is 0 Å². The Bertz CT molecular complexity index is 881. The van der Waals surface area contributed by atoms with Gasteiger partial charge in [-0.25, -0.2) is 19.0 Å². The molecule has 0 saturated carbocycles. The van der Waals surface area contributed by atoms with Crippen LogP contribution in [0.5, 0.6) is 0 Å². The van der Waals surface area contributed by atoms with Crippen molar-refractivity contribution in [2.75, 3.05) is 24.4 Å². The summed E-state index contributed by atoms with van der Waals surface area (Å²) in [6.07, 6.45) is 4.17. The molecule has 0 aliphatic heterocycles. The molecular weight excluding hydrogens is 428 g/mol. The van der Waals surface area contributed by atoms with Gasteiger partial charge in [0, 0.05) is 23.0 Å². The number of aromatic nitrogens is 2. The second-order valence-corrected chi connectivity index (χ2v) is 8.70. The number of nitrogens with zero attached hydrogens (tertiary/aromatic N) is 3. The van der Waals surface area contributed by atoms with E-state index >= 15 is 0 Å². The molecule has 0 bridgehead atoms. The van der Waals surface area contributed by atoms with Crippen LogP contribution in [0.3, 0.4) is 0 Å². The van der Waals surface area contributed by atoms with Crippen molar-refractivity contribution >= 4 is 55.1 Å². The zero-order valence-corrected chi connectivity index (χ0v) is 17.1. The normalized spacial score (nSPS) is 13.0. The minimum absolute atomic E-state index is 0.186. The topological polar surface area (TPSA) is 93.5 Å². The van der Waals surface area contributed by atoms with Gasteiger partial charge in [-0.05, 0) is 53.4 Å². The Balaban J connectivity index is 2.20. The molecule has 0 aliphatic rings. The molecular formula is C15H17BrN4O3S2. The van der Waals surface area contributed by atoms with Crippen LogP contribution in [0.4, 0.5) is 16.4 Å². The van der Waals surface area contributed by atoms with Gasteiger partial charge in [-0.1, -0.05) is 0 Å². The summed E-state index contributed by atoms with van der Waals surface area (Å²) in [4.78, 5) is 20.4. The molecule has 0 saturated heterocycles. The molecule has 2 aromatic rings. The first kappa shape index (κ1) is 19.7. The molecule has 0 aliphatic carbocycles. The van der Waals surface area contributed by atoms with E-state index in [1.54, 1.807) is 37.4 Å². The van der Waals surface area contributed by atoms with Gasteiger partial charge < -0.3 is 10.1 Å². The standard InChI is InChI=1S/C15H17BrN4O3S2/c1-4-23-15(21)20-25(3,22)11-7-5-10(6-8-11)18-14-17-9-12(16)13(19-14)24-2/h5-9H,4H2,1-3H3,(H,17,18,19). The minimum atomic E-state index is -2.86. The quantitative estimate of drug-likeness (QED) is 0.541. The van der Waals surface area contributed by atoms with Crippen molar-refractivity contribution in [1.82, 2.24) is 9.97 Å². The van der Waals surface area contributed by atoms with Gasteiger partial charge in [0.25, 0.3) is 0 Å². The number of hydrogen-bond acceptors (Lipinski definition) is 7. The molecule has 25 heavy (non-hydrogen) atoms. The fourth-order valence-corrected chi connectivity index (χ4v) is 4.01. The van der Waals surface area contributed by atoms with Crippen molar-refractivity contribution in [2.24, 2.45) is 4.36 Å². The number of hydrogen-bond donors (Lipinski definition) is 1. The number of anilines is 2. The monoisotopic (exact) mass is 444 g/mol. The van der Waals surface area contributed by atoms with E-state index in [1.165, 1.54) is 18.0 Å². The van der Waals surface area contributed by atoms with Gasteiger partial charge in [0.05, 0.1) is 20.8 Å². The number of amides is 1. The van der Waals surface area contributed by atoms with Crippen LogP contribution in [0.2, 0.25) is 0 Å². The largest absolute Gasteiger partial charge is 0.448 e. The molecule has 7 nitrogen and oxygen atoms in total. The maximum absolute atomic E-state index is 12.5. The number of nitrogens with one attached hydrogen (secondary N) is 1. The molecule has 134 valence electrons. The van der Waals surface area contributed by atoms with E-state index in [4.69, 9.17) is 4.74 Å². The molecule has 10 heteroatoms. The second-order valence-electron chi connectivity index (χ2n) is 4.79. The van der Waals surface area contributed by atoms with E-state index in [9.17, 15) is 9.00 Å². The van der Waals surface area contributed by atoms with Gasteiger partial charge in [-0.15, -0.1) is 16.1 Å². The van der Waals surface area contributed by atoms with E-state index in [2.05, 4.69) is 35.6 Å². The van der Waals surface area contributed by atoms with Gasteiger partial charge >= 0.3 is 6.09 Å². The molecule has 0 radical (unpaired) electrons. The summed E-state index contributed by atoms with van der Waals surface area (Å²) in [6.45, 7) is 1.85. The molecule has 1 aromatic heterocycles. The van der Waals surface area contributed by atoms with Crippen LogP contribution in [0.15, 0.2) is 49.2 Å². The first-order chi connectivity index (χ1) is 11.9. The Morgan fingerprint density at radius 2 is 2.08 bits per heavy atom. The van der Waals surface area contributed by atoms with E-state index < -0.39 is 15.8 Å². The van der Waals surface area contributed by atoms with Gasteiger partial charge in [0.2, 0.25) is 5.95 Å². The second kappa shape index (κ2) is 8.63. The van der Waals surface area contributed by atoms with Crippen molar-refractivity contribution in [2.45, 2.75) is 16.8 Å². The van der Waals surface area contributed by atoms with Gasteiger partial charge in [0.1, 0.15) is 5.03 Å². The van der Waals surface area contributed by atoms with Gasteiger partial charge in [-0.3, -0.25) is 0 Å². The molecule has 1 atom stereocenters. The van der Waals surface area contributed by atoms with Crippen LogP contribution >= 0.6 is 27.7 Å². The summed E-state index contributed by atoms with van der Waals surface area (Å²) in [6, 6.07) is 6.73. The third kappa shape index (κ3) is 5.41. The van der Waals surface area contributed by atoms with Crippen LogP contribution in [0, 0.1) is 0 Å². The molecule has 1 aromatic carbocycles. The highest BCUT2D eigenvalue weighted by molar-refractivity contribution is 9.10. The van der Waals surface area contributed by atoms with Crippen LogP contribution in [-0.4, -0.2) is 39.4 Å². The minimum Gasteiger partial charge on any atom is -0.448 e. The van der Waals surface area contributed by atoms with E-state index in [0.29, 0.717) is 10.8 Å². The highest BCUT2D eigenvalue weighted by atomic mass is 79.9. The number of carbonyl (C=O) groups excluding carboxylic acids is 1. The fraction of sp³-hybridized carbons (Fsp3) is 0.267. The Labute approximate surface area is 159 Å². The number of benzene rings is 1. The Kier molecular flexibility index (Phi) is 6.79. The molecule has 2 rings (SSSR count). The van der Waals surface area contributed by atoms with E-state index in [1.807, 2.05) is 6.26 Å². The lowest BCUT2D eigenvalue weighted by Crippen LogP contribution is -2.05. The first-order valence-electron chi connectivity index (χ1n) is 7.18. The number of halogens is 1. The maximum Gasteiger partial charge on any atom is 0.442 e. The van der Waals surface area contributed by atoms with Crippen molar-refractivity contribution in [1.29, 1.82) is 0 Å². The smallest absolute Gasteiger partial charge is 0.442 e. The van der Waals surface area contributed by atoms with Crippen LogP contribution in [0.1, 0.15) is 6.92 Å². The maximum atomic E-state index is 12.5. The van der Waals surface area contributed by atoms with Crippen molar-refractivity contribution in [3.8, 4) is 0 Å². The molecule has 1 N–H and O–H groups in total. The average molecular weight is 445 g/mol. The summed E-state index contributed by atoms with van der Waals surface area (Å²) >= 11 is 4.89. The lowest BCUT2D eigenvalue weighted by Gasteiger charge is -2.08. The predicted octanol–water partition coefficient (Wildman–Crippen LogP) is 4.32. The van der Waals surface area contributed by atoms with Crippen LogP contribution in [-0.2, 0) is 14.5 Å². The summed E-state index contributed by atoms with van der Waals surface area (Å²) in [5.41, 5.74) is 0.726. The van der Waals surface area contributed by atoms with Crippen molar-refractivity contribution < 1.29 is 13.7 Å². The Morgan fingerprint density at radius 1 is 1.40 bits per heavy atom. The van der Waals surface area contributed by atoms with Crippen LogP contribution < -0.4 is 5.32 Å². The molecule has 1 unspecified atom stereocenters. The first-order valence-corrected chi connectivity index (χ1v) is 11.1. The SMILES string of the molecule is CCOC(=O)N=S(C)(=O)c1ccc(Nc2ncc(Br)c(SC)n2)cc1. The third-order valence-electron chi connectivity index (χ3n) is 2.97. The Morgan fingerprint density at radius 3 is 2.68 bits per heavy atom. The highest BCUT2D eigenvalue weighted by Gasteiger charge is 2.10. The fourth-order valence-electron chi connectivity index (χ4n) is 1.82. The number of ether oxygens (including phenoxy) is 1. The summed E-state index contributed by atoms with van der Waals surface area (Å²) in [7, 11) is -2.86. The van der Waals surface area contributed by atoms with Crippen LogP contribution in [0.25, 0.3) is 0 Å². The number of rotatable bonds is 5. The molecule has 1 heterocycles. The zero-order valence-electron chi connectivity index (χ0n) is 13.9. The number of thioether (sulfide) groups is 1. The van der Waals surface area contributed by atoms with E-state index in [-0.39, 0.29) is 6.61 Å². The summed E-state index contributed by atoms with van der Waals surface area (Å²) < 4.78 is 21.7. The third-order valence-corrected chi connectivity index (χ3v) is 6.15.